The monoisotopic (exact) mass is 397 g/mol. The normalized spacial score (nSPS) is 18.6. The number of ketones is 1. The summed E-state index contributed by atoms with van der Waals surface area (Å²) in [5.74, 6) is 0.341. The van der Waals surface area contributed by atoms with E-state index in [0.717, 1.165) is 6.42 Å². The van der Waals surface area contributed by atoms with E-state index < -0.39 is 5.60 Å². The zero-order valence-corrected chi connectivity index (χ0v) is 16.6. The van der Waals surface area contributed by atoms with Crippen LogP contribution < -0.4 is 10.1 Å². The van der Waals surface area contributed by atoms with Crippen molar-refractivity contribution in [2.75, 3.05) is 5.32 Å². The Morgan fingerprint density at radius 2 is 1.93 bits per heavy atom. The molecule has 4 rings (SSSR count). The molecule has 0 spiro atoms. The van der Waals surface area contributed by atoms with Crippen LogP contribution in [-0.4, -0.2) is 17.3 Å². The first-order valence-electron chi connectivity index (χ1n) is 9.16. The van der Waals surface area contributed by atoms with Gasteiger partial charge in [0.15, 0.2) is 11.5 Å². The summed E-state index contributed by atoms with van der Waals surface area (Å²) in [6.07, 6.45) is 1.03. The van der Waals surface area contributed by atoms with Crippen LogP contribution in [0.5, 0.6) is 5.75 Å². The summed E-state index contributed by atoms with van der Waals surface area (Å²) < 4.78 is 11.9. The number of benzene rings is 2. The summed E-state index contributed by atoms with van der Waals surface area (Å²) in [4.78, 5) is 25.6. The van der Waals surface area contributed by atoms with E-state index in [1.807, 2.05) is 13.8 Å². The van der Waals surface area contributed by atoms with E-state index in [9.17, 15) is 9.59 Å². The van der Waals surface area contributed by atoms with Crippen molar-refractivity contribution in [2.45, 2.75) is 39.2 Å². The fourth-order valence-corrected chi connectivity index (χ4v) is 3.67. The molecule has 1 atom stereocenters. The number of anilines is 1. The lowest BCUT2D eigenvalue weighted by molar-refractivity contribution is 0.0503. The summed E-state index contributed by atoms with van der Waals surface area (Å²) in [5.41, 5.74) is 1.71. The number of carbonyl (C=O) groups excluding carboxylic acids is 2. The number of halogens is 1. The summed E-state index contributed by atoms with van der Waals surface area (Å²) in [6.45, 7) is 5.72. The second kappa shape index (κ2) is 6.67. The second-order valence-corrected chi connectivity index (χ2v) is 7.77. The predicted molar refractivity (Wildman–Crippen MR) is 109 cm³/mol. The fourth-order valence-electron chi connectivity index (χ4n) is 3.55. The van der Waals surface area contributed by atoms with E-state index in [-0.39, 0.29) is 17.5 Å². The lowest BCUT2D eigenvalue weighted by atomic mass is 9.87. The maximum Gasteiger partial charge on any atom is 0.291 e. The minimum Gasteiger partial charge on any atom is -0.486 e. The minimum atomic E-state index is -0.510. The van der Waals surface area contributed by atoms with Crippen LogP contribution in [0.15, 0.2) is 40.8 Å². The first-order chi connectivity index (χ1) is 13.3. The van der Waals surface area contributed by atoms with Gasteiger partial charge in [-0.2, -0.15) is 0 Å². The van der Waals surface area contributed by atoms with Gasteiger partial charge in [-0.15, -0.1) is 0 Å². The number of hydrogen-bond acceptors (Lipinski definition) is 4. The Kier molecular flexibility index (Phi) is 4.42. The van der Waals surface area contributed by atoms with Gasteiger partial charge in [0.25, 0.3) is 5.91 Å². The maximum absolute atomic E-state index is 12.9. The number of aryl methyl sites for hydroxylation is 1. The second-order valence-electron chi connectivity index (χ2n) is 7.33. The first kappa shape index (κ1) is 18.6. The van der Waals surface area contributed by atoms with Gasteiger partial charge >= 0.3 is 0 Å². The number of furan rings is 1. The van der Waals surface area contributed by atoms with Crippen LogP contribution in [0.1, 0.15) is 53.2 Å². The smallest absolute Gasteiger partial charge is 0.291 e. The molecule has 1 aliphatic heterocycles. The average molecular weight is 398 g/mol. The molecule has 1 N–H and O–H groups in total. The largest absolute Gasteiger partial charge is 0.486 e. The number of carbonyl (C=O) groups is 2. The third-order valence-corrected chi connectivity index (χ3v) is 5.53. The van der Waals surface area contributed by atoms with Crippen LogP contribution >= 0.6 is 11.6 Å². The molecule has 2 heterocycles. The van der Waals surface area contributed by atoms with Crippen molar-refractivity contribution in [3.05, 3.63) is 58.3 Å². The van der Waals surface area contributed by atoms with E-state index in [1.54, 1.807) is 43.3 Å². The SMILES string of the molecule is CCC1(C)CC(=O)c2c(ccc3oc(C(=O)Nc4ccc(Cl)cc4)c(C)c23)O1. The van der Waals surface area contributed by atoms with Crippen molar-refractivity contribution in [2.24, 2.45) is 0 Å². The number of fused-ring (bicyclic) bond motifs is 3. The molecule has 1 unspecified atom stereocenters. The Labute approximate surface area is 167 Å². The van der Waals surface area contributed by atoms with Gasteiger partial charge in [0, 0.05) is 21.7 Å². The highest BCUT2D eigenvalue weighted by molar-refractivity contribution is 6.30. The molecule has 6 heteroatoms. The van der Waals surface area contributed by atoms with Gasteiger partial charge in [0.2, 0.25) is 0 Å². The van der Waals surface area contributed by atoms with Crippen LogP contribution in [0.25, 0.3) is 11.0 Å². The lowest BCUT2D eigenvalue weighted by Crippen LogP contribution is -2.38. The Hall–Kier alpha value is -2.79. The van der Waals surface area contributed by atoms with Crippen LogP contribution in [0.2, 0.25) is 5.02 Å². The summed E-state index contributed by atoms with van der Waals surface area (Å²) in [5, 5.41) is 4.02. The van der Waals surface area contributed by atoms with Crippen molar-refractivity contribution in [1.82, 2.24) is 0 Å². The van der Waals surface area contributed by atoms with Crippen LogP contribution in [-0.2, 0) is 0 Å². The molecule has 1 aromatic heterocycles. The molecule has 3 aromatic rings. The average Bonchev–Trinajstić information content (AvgIpc) is 3.00. The maximum atomic E-state index is 12.9. The van der Waals surface area contributed by atoms with Gasteiger partial charge in [0.05, 0.1) is 12.0 Å². The predicted octanol–water partition coefficient (Wildman–Crippen LogP) is 5.78. The van der Waals surface area contributed by atoms with E-state index in [1.165, 1.54) is 0 Å². The molecule has 28 heavy (non-hydrogen) atoms. The highest BCUT2D eigenvalue weighted by Crippen LogP contribution is 2.41. The molecule has 0 bridgehead atoms. The molecular formula is C22H20ClNO4. The zero-order valence-electron chi connectivity index (χ0n) is 15.9. The Bertz CT molecular complexity index is 1100. The van der Waals surface area contributed by atoms with E-state index in [2.05, 4.69) is 5.32 Å². The molecule has 1 aliphatic rings. The molecule has 144 valence electrons. The topological polar surface area (TPSA) is 68.5 Å². The number of hydrogen-bond donors (Lipinski definition) is 1. The molecule has 0 saturated carbocycles. The molecule has 0 radical (unpaired) electrons. The summed E-state index contributed by atoms with van der Waals surface area (Å²) >= 11 is 5.88. The molecule has 0 aliphatic carbocycles. The van der Waals surface area contributed by atoms with E-state index in [0.29, 0.717) is 45.0 Å². The van der Waals surface area contributed by atoms with Gasteiger partial charge in [0.1, 0.15) is 16.9 Å². The Morgan fingerprint density at radius 3 is 2.61 bits per heavy atom. The molecule has 2 aromatic carbocycles. The van der Waals surface area contributed by atoms with E-state index >= 15 is 0 Å². The summed E-state index contributed by atoms with van der Waals surface area (Å²) in [7, 11) is 0. The molecule has 1 amide bonds. The third kappa shape index (κ3) is 3.06. The molecule has 0 saturated heterocycles. The van der Waals surface area contributed by atoms with Crippen molar-refractivity contribution in [3.8, 4) is 5.75 Å². The lowest BCUT2D eigenvalue weighted by Gasteiger charge is -2.34. The minimum absolute atomic E-state index is 0.00441. The first-order valence-corrected chi connectivity index (χ1v) is 9.54. The van der Waals surface area contributed by atoms with E-state index in [4.69, 9.17) is 20.8 Å². The summed E-state index contributed by atoms with van der Waals surface area (Å²) in [6, 6.07) is 10.3. The third-order valence-electron chi connectivity index (χ3n) is 5.28. The highest BCUT2D eigenvalue weighted by atomic mass is 35.5. The Balaban J connectivity index is 1.75. The van der Waals surface area contributed by atoms with Gasteiger partial charge in [-0.3, -0.25) is 9.59 Å². The highest BCUT2D eigenvalue weighted by Gasteiger charge is 2.37. The van der Waals surface area contributed by atoms with Gasteiger partial charge < -0.3 is 14.5 Å². The molecular weight excluding hydrogens is 378 g/mol. The van der Waals surface area contributed by atoms with Crippen molar-refractivity contribution < 1.29 is 18.7 Å². The van der Waals surface area contributed by atoms with Crippen molar-refractivity contribution in [3.63, 3.8) is 0 Å². The van der Waals surface area contributed by atoms with Crippen molar-refractivity contribution in [1.29, 1.82) is 0 Å². The number of Topliss-reactive ketones (excluding diaryl/α,β-unsaturated/α-hetero) is 1. The zero-order chi connectivity index (χ0) is 20.1. The van der Waals surface area contributed by atoms with Gasteiger partial charge in [-0.1, -0.05) is 18.5 Å². The Morgan fingerprint density at radius 1 is 1.21 bits per heavy atom. The molecule has 5 nitrogen and oxygen atoms in total. The van der Waals surface area contributed by atoms with Crippen LogP contribution in [0.4, 0.5) is 5.69 Å². The number of rotatable bonds is 3. The van der Waals surface area contributed by atoms with Crippen LogP contribution in [0.3, 0.4) is 0 Å². The number of ether oxygens (including phenoxy) is 1. The number of amides is 1. The van der Waals surface area contributed by atoms with Gasteiger partial charge in [-0.25, -0.2) is 0 Å². The standard InChI is InChI=1S/C22H20ClNO4/c1-4-22(3)11-15(25)19-17(28-22)10-9-16-18(19)12(2)20(27-16)21(26)24-14-7-5-13(23)6-8-14/h5-10H,4,11H2,1-3H3,(H,24,26). The fraction of sp³-hybridized carbons (Fsp3) is 0.273. The van der Waals surface area contributed by atoms with Gasteiger partial charge in [-0.05, 0) is 56.7 Å². The van der Waals surface area contributed by atoms with Crippen molar-refractivity contribution >= 4 is 39.9 Å². The quantitative estimate of drug-likeness (QED) is 0.608. The number of nitrogens with one attached hydrogen (secondary N) is 1. The molecule has 0 fully saturated rings. The van der Waals surface area contributed by atoms with Crippen LogP contribution in [0, 0.1) is 6.92 Å².